The first-order chi connectivity index (χ1) is 16.0. The minimum Gasteiger partial charge on any atom is -0.465 e. The number of ether oxygens (including phenoxy) is 1. The number of nitrogens with zero attached hydrogens (tertiary/aromatic N) is 4. The Balaban J connectivity index is 2.03. The zero-order valence-corrected chi connectivity index (χ0v) is 18.6. The predicted octanol–water partition coefficient (Wildman–Crippen LogP) is 4.50. The average Bonchev–Trinajstić information content (AvgIpc) is 3.32. The molecule has 4 rings (SSSR count). The molecule has 4 aromatic rings. The lowest BCUT2D eigenvalue weighted by atomic mass is 10.1. The molecule has 3 heterocycles. The van der Waals surface area contributed by atoms with Crippen molar-refractivity contribution in [2.45, 2.75) is 25.4 Å². The zero-order valence-electron chi connectivity index (χ0n) is 18.6. The predicted molar refractivity (Wildman–Crippen MR) is 118 cm³/mol. The molecule has 0 aliphatic rings. The molecule has 0 bridgehead atoms. The maximum atomic E-state index is 14.9. The molecule has 0 spiro atoms. The first-order valence-electron chi connectivity index (χ1n) is 10.2. The van der Waals surface area contributed by atoms with Crippen molar-refractivity contribution in [3.05, 3.63) is 59.8 Å². The van der Waals surface area contributed by atoms with Crippen molar-refractivity contribution in [3.8, 4) is 11.5 Å². The van der Waals surface area contributed by atoms with Gasteiger partial charge in [0.05, 0.1) is 30.6 Å². The Kier molecular flexibility index (Phi) is 5.68. The first-order valence-corrected chi connectivity index (χ1v) is 10.2. The lowest BCUT2D eigenvalue weighted by Gasteiger charge is -2.16. The van der Waals surface area contributed by atoms with E-state index in [0.717, 1.165) is 13.2 Å². The standard InChI is InChI=1S/C23H21F4N5O2/c1-5-23(26,27)10-32-16(8-12-6-7-14(11(2)28)29-20(12)32)21-30-15-9-13(22(33)34-4)17(24)18(25)19(15)31(21)3/h5-9,11H,1,10,28H2,2-4H3/t11-/m1/s1. The molecule has 0 saturated heterocycles. The zero-order chi connectivity index (χ0) is 24.9. The van der Waals surface area contributed by atoms with Gasteiger partial charge in [0, 0.05) is 18.5 Å². The number of alkyl halides is 2. The Morgan fingerprint density at radius 1 is 1.26 bits per heavy atom. The fourth-order valence-electron chi connectivity index (χ4n) is 3.81. The average molecular weight is 475 g/mol. The minimum atomic E-state index is -3.30. The lowest BCUT2D eigenvalue weighted by Crippen LogP contribution is -2.22. The summed E-state index contributed by atoms with van der Waals surface area (Å²) >= 11 is 0. The van der Waals surface area contributed by atoms with Gasteiger partial charge in [-0.3, -0.25) is 0 Å². The van der Waals surface area contributed by atoms with E-state index in [1.54, 1.807) is 25.1 Å². The van der Waals surface area contributed by atoms with Crippen LogP contribution in [0.1, 0.15) is 29.0 Å². The number of benzene rings is 1. The summed E-state index contributed by atoms with van der Waals surface area (Å²) in [7, 11) is 2.45. The Morgan fingerprint density at radius 3 is 2.59 bits per heavy atom. The van der Waals surface area contributed by atoms with Gasteiger partial charge in [-0.15, -0.1) is 0 Å². The van der Waals surface area contributed by atoms with Gasteiger partial charge >= 0.3 is 5.97 Å². The van der Waals surface area contributed by atoms with Crippen molar-refractivity contribution in [1.82, 2.24) is 19.1 Å². The van der Waals surface area contributed by atoms with Crippen molar-refractivity contribution >= 4 is 28.0 Å². The third kappa shape index (κ3) is 3.71. The first kappa shape index (κ1) is 23.4. The lowest BCUT2D eigenvalue weighted by molar-refractivity contribution is 0.0379. The Hall–Kier alpha value is -3.73. The van der Waals surface area contributed by atoms with E-state index in [2.05, 4.69) is 21.3 Å². The molecule has 0 radical (unpaired) electrons. The number of methoxy groups -OCH3 is 1. The third-order valence-corrected chi connectivity index (χ3v) is 5.57. The molecular weight excluding hydrogens is 454 g/mol. The number of rotatable bonds is 6. The second kappa shape index (κ2) is 8.24. The van der Waals surface area contributed by atoms with E-state index in [1.165, 1.54) is 16.2 Å². The maximum absolute atomic E-state index is 14.9. The van der Waals surface area contributed by atoms with Crippen LogP contribution in [0.5, 0.6) is 0 Å². The van der Waals surface area contributed by atoms with Crippen LogP contribution in [0.25, 0.3) is 33.6 Å². The molecule has 0 aliphatic heterocycles. The van der Waals surface area contributed by atoms with Crippen LogP contribution in [-0.2, 0) is 18.3 Å². The topological polar surface area (TPSA) is 88.0 Å². The molecule has 1 aromatic carbocycles. The van der Waals surface area contributed by atoms with Crippen molar-refractivity contribution in [3.63, 3.8) is 0 Å². The summed E-state index contributed by atoms with van der Waals surface area (Å²) in [5.41, 5.74) is 5.90. The van der Waals surface area contributed by atoms with Gasteiger partial charge in [0.15, 0.2) is 17.5 Å². The molecule has 0 saturated carbocycles. The van der Waals surface area contributed by atoms with Crippen LogP contribution in [0.4, 0.5) is 17.6 Å². The number of carbonyl (C=O) groups excluding carboxylic acids is 1. The number of hydrogen-bond donors (Lipinski definition) is 1. The minimum absolute atomic E-state index is 0.0479. The molecule has 34 heavy (non-hydrogen) atoms. The van der Waals surface area contributed by atoms with Crippen LogP contribution in [-0.4, -0.2) is 38.1 Å². The third-order valence-electron chi connectivity index (χ3n) is 5.57. The smallest absolute Gasteiger partial charge is 0.341 e. The summed E-state index contributed by atoms with van der Waals surface area (Å²) in [5, 5.41) is 0.522. The molecule has 178 valence electrons. The van der Waals surface area contributed by atoms with Crippen LogP contribution >= 0.6 is 0 Å². The summed E-state index contributed by atoms with van der Waals surface area (Å²) in [4.78, 5) is 20.6. The molecule has 0 unspecified atom stereocenters. The molecule has 2 N–H and O–H groups in total. The molecule has 0 fully saturated rings. The summed E-state index contributed by atoms with van der Waals surface area (Å²) in [6, 6.07) is 5.55. The van der Waals surface area contributed by atoms with Gasteiger partial charge in [0.1, 0.15) is 16.7 Å². The van der Waals surface area contributed by atoms with Crippen LogP contribution in [0, 0.1) is 11.6 Å². The second-order valence-corrected chi connectivity index (χ2v) is 7.92. The number of fused-ring (bicyclic) bond motifs is 2. The molecule has 0 amide bonds. The number of aromatic nitrogens is 4. The number of pyridine rings is 1. The van der Waals surface area contributed by atoms with E-state index in [9.17, 15) is 22.4 Å². The quantitative estimate of drug-likeness (QED) is 0.252. The normalized spacial score (nSPS) is 12.9. The second-order valence-electron chi connectivity index (χ2n) is 7.92. The van der Waals surface area contributed by atoms with Crippen molar-refractivity contribution in [2.24, 2.45) is 12.8 Å². The molecule has 0 aliphatic carbocycles. The van der Waals surface area contributed by atoms with Gasteiger partial charge < -0.3 is 19.6 Å². The molecule has 11 heteroatoms. The number of esters is 1. The Bertz CT molecular complexity index is 1460. The van der Waals surface area contributed by atoms with Crippen molar-refractivity contribution < 1.29 is 27.1 Å². The highest BCUT2D eigenvalue weighted by Gasteiger charge is 2.30. The van der Waals surface area contributed by atoms with E-state index in [-0.39, 0.29) is 28.2 Å². The number of hydrogen-bond acceptors (Lipinski definition) is 5. The summed E-state index contributed by atoms with van der Waals surface area (Å²) in [6.45, 7) is 4.08. The number of nitrogens with two attached hydrogens (primary N) is 1. The highest BCUT2D eigenvalue weighted by molar-refractivity contribution is 5.95. The molecule has 1 atom stereocenters. The van der Waals surface area contributed by atoms with Crippen LogP contribution in [0.3, 0.4) is 0 Å². The summed E-state index contributed by atoms with van der Waals surface area (Å²) in [6.07, 6.45) is 0.518. The van der Waals surface area contributed by atoms with Gasteiger partial charge in [-0.1, -0.05) is 6.58 Å². The number of allylic oxidation sites excluding steroid dienone is 1. The monoisotopic (exact) mass is 475 g/mol. The highest BCUT2D eigenvalue weighted by Crippen LogP contribution is 2.34. The van der Waals surface area contributed by atoms with Gasteiger partial charge in [-0.05, 0) is 37.3 Å². The van der Waals surface area contributed by atoms with Gasteiger partial charge in [0.25, 0.3) is 5.92 Å². The van der Waals surface area contributed by atoms with Crippen LogP contribution < -0.4 is 5.73 Å². The van der Waals surface area contributed by atoms with Crippen molar-refractivity contribution in [1.29, 1.82) is 0 Å². The van der Waals surface area contributed by atoms with Crippen LogP contribution in [0.15, 0.2) is 36.9 Å². The highest BCUT2D eigenvalue weighted by atomic mass is 19.3. The number of carbonyl (C=O) groups is 1. The molecule has 7 nitrogen and oxygen atoms in total. The summed E-state index contributed by atoms with van der Waals surface area (Å²) in [5.74, 6) is -7.01. The van der Waals surface area contributed by atoms with Gasteiger partial charge in [-0.2, -0.15) is 0 Å². The fourth-order valence-corrected chi connectivity index (χ4v) is 3.81. The number of halogens is 4. The van der Waals surface area contributed by atoms with E-state index in [1.807, 2.05) is 0 Å². The molecular formula is C23H21F4N5O2. The van der Waals surface area contributed by atoms with Gasteiger partial charge in [-0.25, -0.2) is 32.3 Å². The van der Waals surface area contributed by atoms with E-state index >= 15 is 0 Å². The largest absolute Gasteiger partial charge is 0.465 e. The molecule has 3 aromatic heterocycles. The van der Waals surface area contributed by atoms with E-state index in [4.69, 9.17) is 5.73 Å². The SMILES string of the molecule is C=CC(F)(F)Cn1c(-c2nc3cc(C(=O)OC)c(F)c(F)c3n2C)cc2ccc([C@@H](C)N)nc21. The summed E-state index contributed by atoms with van der Waals surface area (Å²) < 4.78 is 65.3. The Labute approximate surface area is 191 Å². The van der Waals surface area contributed by atoms with Crippen molar-refractivity contribution in [2.75, 3.05) is 7.11 Å². The number of imidazole rings is 1. The van der Waals surface area contributed by atoms with E-state index < -0.39 is 41.7 Å². The fraction of sp³-hybridized carbons (Fsp3) is 0.261. The van der Waals surface area contributed by atoms with Gasteiger partial charge in [0.2, 0.25) is 0 Å². The van der Waals surface area contributed by atoms with Crippen LogP contribution in [0.2, 0.25) is 0 Å². The van der Waals surface area contributed by atoms with E-state index in [0.29, 0.717) is 17.2 Å². The number of aryl methyl sites for hydroxylation is 1. The maximum Gasteiger partial charge on any atom is 0.341 e. The Morgan fingerprint density at radius 2 is 1.97 bits per heavy atom.